The maximum absolute atomic E-state index is 4.10. The van der Waals surface area contributed by atoms with E-state index in [-0.39, 0.29) is 0 Å². The van der Waals surface area contributed by atoms with Crippen LogP contribution in [0.2, 0.25) is 0 Å². The van der Waals surface area contributed by atoms with Gasteiger partial charge in [0.15, 0.2) is 0 Å². The molecule has 0 spiro atoms. The lowest BCUT2D eigenvalue weighted by Gasteiger charge is -2.04. The first-order chi connectivity index (χ1) is 10.7. The third-order valence-corrected chi connectivity index (χ3v) is 3.05. The van der Waals surface area contributed by atoms with Gasteiger partial charge in [-0.1, -0.05) is 104 Å². The van der Waals surface area contributed by atoms with E-state index in [1.807, 2.05) is 68.5 Å². The van der Waals surface area contributed by atoms with Gasteiger partial charge in [0.2, 0.25) is 0 Å². The van der Waals surface area contributed by atoms with Crippen LogP contribution in [0.25, 0.3) is 5.57 Å². The van der Waals surface area contributed by atoms with Crippen molar-refractivity contribution < 1.29 is 0 Å². The van der Waals surface area contributed by atoms with Gasteiger partial charge in [0.05, 0.1) is 0 Å². The van der Waals surface area contributed by atoms with Gasteiger partial charge in [-0.15, -0.1) is 0 Å². The number of rotatable bonds is 4. The van der Waals surface area contributed by atoms with Crippen molar-refractivity contribution in [1.82, 2.24) is 0 Å². The average Bonchev–Trinajstić information content (AvgIpc) is 2.57. The Bertz CT molecular complexity index is 587. The van der Waals surface area contributed by atoms with Gasteiger partial charge in [-0.05, 0) is 30.5 Å². The van der Waals surface area contributed by atoms with E-state index in [2.05, 4.69) is 37.4 Å². The molecule has 0 atom stereocenters. The van der Waals surface area contributed by atoms with Crippen LogP contribution in [0.1, 0.15) is 25.0 Å². The second-order valence-corrected chi connectivity index (χ2v) is 4.86. The molecule has 0 aliphatic rings. The summed E-state index contributed by atoms with van der Waals surface area (Å²) in [5.41, 5.74) is 4.67. The molecule has 0 saturated carbocycles. The largest absolute Gasteiger partial charge is 0.0991 e. The van der Waals surface area contributed by atoms with Gasteiger partial charge in [0, 0.05) is 0 Å². The number of hydrogen-bond donors (Lipinski definition) is 0. The van der Waals surface area contributed by atoms with Gasteiger partial charge < -0.3 is 0 Å². The molecule has 0 heteroatoms. The Balaban J connectivity index is 0.000000261. The Kier molecular flexibility index (Phi) is 8.07. The maximum Gasteiger partial charge on any atom is -0.0183 e. The van der Waals surface area contributed by atoms with Gasteiger partial charge in [-0.25, -0.2) is 0 Å². The quantitative estimate of drug-likeness (QED) is 0.568. The maximum atomic E-state index is 4.10. The van der Waals surface area contributed by atoms with Gasteiger partial charge in [0.25, 0.3) is 0 Å². The Hall–Kier alpha value is -2.60. The summed E-state index contributed by atoms with van der Waals surface area (Å²) in [6.07, 6.45) is 7.81. The van der Waals surface area contributed by atoms with E-state index in [0.717, 1.165) is 5.57 Å². The number of hydrogen-bond acceptors (Lipinski definition) is 0. The van der Waals surface area contributed by atoms with Crippen LogP contribution in [-0.2, 0) is 0 Å². The van der Waals surface area contributed by atoms with Crippen LogP contribution in [-0.4, -0.2) is 0 Å². The van der Waals surface area contributed by atoms with E-state index in [4.69, 9.17) is 0 Å². The number of benzene rings is 2. The van der Waals surface area contributed by atoms with Crippen molar-refractivity contribution in [2.45, 2.75) is 13.8 Å². The highest BCUT2D eigenvalue weighted by Crippen LogP contribution is 2.20. The molecule has 2 aromatic rings. The molecule has 2 rings (SSSR count). The summed E-state index contributed by atoms with van der Waals surface area (Å²) in [6, 6.07) is 20.5. The standard InChI is InChI=1S/C14H12.C8H12/c1-12(13-8-4-2-5-9-13)14-10-6-3-7-11-14;1-4-6-8(3)7-5-2/h2-11H,1H2;4-7H,1H2,2-3H3/b;7-5-,8-6-. The lowest BCUT2D eigenvalue weighted by Crippen LogP contribution is -1.84. The second-order valence-electron chi connectivity index (χ2n) is 4.86. The summed E-state index contributed by atoms with van der Waals surface area (Å²) >= 11 is 0. The summed E-state index contributed by atoms with van der Waals surface area (Å²) in [7, 11) is 0. The van der Waals surface area contributed by atoms with Crippen molar-refractivity contribution in [3.05, 3.63) is 115 Å². The molecule has 0 aliphatic carbocycles. The minimum atomic E-state index is 1.08. The first kappa shape index (κ1) is 17.5. The van der Waals surface area contributed by atoms with Gasteiger partial charge in [-0.3, -0.25) is 0 Å². The molecule has 0 aliphatic heterocycles. The fraction of sp³-hybridized carbons (Fsp3) is 0.0909. The van der Waals surface area contributed by atoms with Crippen molar-refractivity contribution in [3.8, 4) is 0 Å². The molecule has 0 radical (unpaired) electrons. The minimum absolute atomic E-state index is 1.08. The zero-order valence-corrected chi connectivity index (χ0v) is 13.5. The van der Waals surface area contributed by atoms with Crippen molar-refractivity contribution >= 4 is 5.57 Å². The molecule has 112 valence electrons. The Labute approximate surface area is 134 Å². The highest BCUT2D eigenvalue weighted by molar-refractivity contribution is 5.77. The summed E-state index contributed by atoms with van der Waals surface area (Å²) in [5.74, 6) is 0. The van der Waals surface area contributed by atoms with Crippen LogP contribution in [0.3, 0.4) is 0 Å². The summed E-state index contributed by atoms with van der Waals surface area (Å²) < 4.78 is 0. The summed E-state index contributed by atoms with van der Waals surface area (Å²) in [4.78, 5) is 0. The first-order valence-corrected chi connectivity index (χ1v) is 7.40. The lowest BCUT2D eigenvalue weighted by atomic mass is 10.0. The first-order valence-electron chi connectivity index (χ1n) is 7.40. The fourth-order valence-corrected chi connectivity index (χ4v) is 1.95. The monoisotopic (exact) mass is 288 g/mol. The minimum Gasteiger partial charge on any atom is -0.0991 e. The predicted octanol–water partition coefficient (Wildman–Crippen LogP) is 6.44. The van der Waals surface area contributed by atoms with Crippen LogP contribution < -0.4 is 0 Å². The van der Waals surface area contributed by atoms with E-state index in [9.17, 15) is 0 Å². The molecule has 2 aromatic carbocycles. The molecule has 0 amide bonds. The SMILES string of the molecule is C=C(c1ccccc1)c1ccccc1.C=C/C=C(C)\C=C/C. The molecule has 0 unspecified atom stereocenters. The highest BCUT2D eigenvalue weighted by Gasteiger charge is 1.99. The Morgan fingerprint density at radius 2 is 1.32 bits per heavy atom. The predicted molar refractivity (Wildman–Crippen MR) is 99.8 cm³/mol. The molecule has 22 heavy (non-hydrogen) atoms. The molecule has 0 nitrogen and oxygen atoms in total. The van der Waals surface area contributed by atoms with Crippen molar-refractivity contribution in [2.75, 3.05) is 0 Å². The van der Waals surface area contributed by atoms with Gasteiger partial charge >= 0.3 is 0 Å². The smallest absolute Gasteiger partial charge is 0.0183 e. The Morgan fingerprint density at radius 1 is 0.864 bits per heavy atom. The topological polar surface area (TPSA) is 0 Å². The van der Waals surface area contributed by atoms with E-state index in [0.29, 0.717) is 0 Å². The van der Waals surface area contributed by atoms with Crippen LogP contribution in [0.4, 0.5) is 0 Å². The van der Waals surface area contributed by atoms with Gasteiger partial charge in [0.1, 0.15) is 0 Å². The normalized spacial score (nSPS) is 10.7. The van der Waals surface area contributed by atoms with E-state index in [1.54, 1.807) is 6.08 Å². The van der Waals surface area contributed by atoms with Crippen LogP contribution in [0.15, 0.2) is 104 Å². The van der Waals surface area contributed by atoms with Crippen LogP contribution >= 0.6 is 0 Å². The van der Waals surface area contributed by atoms with E-state index >= 15 is 0 Å². The van der Waals surface area contributed by atoms with E-state index < -0.39 is 0 Å². The zero-order chi connectivity index (χ0) is 16.2. The molecular weight excluding hydrogens is 264 g/mol. The molecule has 0 fully saturated rings. The van der Waals surface area contributed by atoms with Crippen molar-refractivity contribution in [2.24, 2.45) is 0 Å². The summed E-state index contributed by atoms with van der Waals surface area (Å²) in [5, 5.41) is 0. The molecule has 0 saturated heterocycles. The lowest BCUT2D eigenvalue weighted by molar-refractivity contribution is 1.51. The summed E-state index contributed by atoms with van der Waals surface area (Å²) in [6.45, 7) is 11.7. The molecular formula is C22H24. The second kappa shape index (κ2) is 10.2. The molecule has 0 heterocycles. The highest BCUT2D eigenvalue weighted by atomic mass is 14.0. The molecule has 0 N–H and O–H groups in total. The number of allylic oxidation sites excluding steroid dienone is 5. The zero-order valence-electron chi connectivity index (χ0n) is 13.5. The molecule has 0 bridgehead atoms. The van der Waals surface area contributed by atoms with E-state index in [1.165, 1.54) is 16.7 Å². The Morgan fingerprint density at radius 3 is 1.68 bits per heavy atom. The van der Waals surface area contributed by atoms with Crippen molar-refractivity contribution in [3.63, 3.8) is 0 Å². The molecule has 0 aromatic heterocycles. The van der Waals surface area contributed by atoms with Crippen LogP contribution in [0.5, 0.6) is 0 Å². The third-order valence-electron chi connectivity index (χ3n) is 3.05. The third kappa shape index (κ3) is 6.23. The fourth-order valence-electron chi connectivity index (χ4n) is 1.95. The van der Waals surface area contributed by atoms with Crippen molar-refractivity contribution in [1.29, 1.82) is 0 Å². The van der Waals surface area contributed by atoms with Gasteiger partial charge in [-0.2, -0.15) is 0 Å². The average molecular weight is 288 g/mol. The van der Waals surface area contributed by atoms with Crippen LogP contribution in [0, 0.1) is 0 Å².